The van der Waals surface area contributed by atoms with E-state index < -0.39 is 5.91 Å². The fraction of sp³-hybridized carbons (Fsp3) is 0. The van der Waals surface area contributed by atoms with Crippen LogP contribution in [-0.4, -0.2) is 21.1 Å². The van der Waals surface area contributed by atoms with Crippen LogP contribution in [0, 0.1) is 0 Å². The molecule has 0 spiro atoms. The van der Waals surface area contributed by atoms with Crippen LogP contribution in [0.3, 0.4) is 0 Å². The second-order valence-electron chi connectivity index (χ2n) is 7.86. The second-order valence-corrected chi connectivity index (χ2v) is 10.2. The summed E-state index contributed by atoms with van der Waals surface area (Å²) in [5, 5.41) is 17.8. The van der Waals surface area contributed by atoms with Crippen LogP contribution in [0.2, 0.25) is 10.0 Å². The lowest BCUT2D eigenvalue weighted by molar-refractivity contribution is -0.115. The molecule has 184 valence electrons. The number of aromatic nitrogens is 1. The number of hydrogen-bond donors (Lipinski definition) is 3. The second kappa shape index (κ2) is 10.7. The van der Waals surface area contributed by atoms with Crippen molar-refractivity contribution < 1.29 is 14.3 Å². The minimum absolute atomic E-state index is 0.0488. The Balaban J connectivity index is 1.19. The number of nitrogens with zero attached hydrogens (tertiary/aromatic N) is 1. The third-order valence-corrected chi connectivity index (χ3v) is 6.90. The molecular weight excluding hydrogens is 549 g/mol. The number of hydrogen-bond acceptors (Lipinski definition) is 6. The summed E-state index contributed by atoms with van der Waals surface area (Å²) in [5.74, 6) is 0.635. The molecule has 0 aliphatic carbocycles. The number of aromatic hydroxyl groups is 1. The summed E-state index contributed by atoms with van der Waals surface area (Å²) in [7, 11) is 0. The average molecular weight is 566 g/mol. The normalized spacial score (nSPS) is 11.2. The Bertz CT molecular complexity index is 1620. The van der Waals surface area contributed by atoms with Crippen molar-refractivity contribution in [2.45, 2.75) is 0 Å². The summed E-state index contributed by atoms with van der Waals surface area (Å²) in [6.07, 6.45) is 2.82. The van der Waals surface area contributed by atoms with E-state index in [1.54, 1.807) is 42.5 Å². The van der Waals surface area contributed by atoms with Gasteiger partial charge in [-0.15, -0.1) is 11.3 Å². The standard InChI is InChI=1S/C27H17Cl2N3O3S2/c28-16-11-15(12-17(29)13-16)23-9-6-19(35-23)7-10-25(34)32-27(36)30-18-5-8-20(22(33)14-18)26-31-21-3-1-2-4-24(21)37-26/h1-14,33H,(H2,30,32,34,36)/b10-7+. The van der Waals surface area contributed by atoms with E-state index in [-0.39, 0.29) is 10.9 Å². The predicted molar refractivity (Wildman–Crippen MR) is 154 cm³/mol. The van der Waals surface area contributed by atoms with Gasteiger partial charge in [0.05, 0.1) is 15.8 Å². The highest BCUT2D eigenvalue weighted by Gasteiger charge is 2.12. The van der Waals surface area contributed by atoms with Gasteiger partial charge in [0.15, 0.2) is 5.11 Å². The van der Waals surface area contributed by atoms with Crippen molar-refractivity contribution in [1.82, 2.24) is 10.3 Å². The fourth-order valence-corrected chi connectivity index (χ4v) is 5.29. The first-order valence-electron chi connectivity index (χ1n) is 10.9. The van der Waals surface area contributed by atoms with E-state index in [4.69, 9.17) is 39.8 Å². The van der Waals surface area contributed by atoms with Gasteiger partial charge in [-0.05, 0) is 72.9 Å². The number of amides is 1. The number of furan rings is 1. The van der Waals surface area contributed by atoms with Crippen molar-refractivity contribution in [1.29, 1.82) is 0 Å². The van der Waals surface area contributed by atoms with E-state index in [9.17, 15) is 9.90 Å². The van der Waals surface area contributed by atoms with E-state index >= 15 is 0 Å². The SMILES string of the molecule is O=C(/C=C/c1ccc(-c2cc(Cl)cc(Cl)c2)o1)NC(=S)Nc1ccc(-c2nc3ccccc3s2)c(O)c1. The van der Waals surface area contributed by atoms with Crippen molar-refractivity contribution in [2.24, 2.45) is 0 Å². The van der Waals surface area contributed by atoms with Crippen molar-refractivity contribution in [3.8, 4) is 27.6 Å². The summed E-state index contributed by atoms with van der Waals surface area (Å²) in [5.41, 5.74) is 2.74. The first-order valence-corrected chi connectivity index (χ1v) is 12.9. The zero-order valence-electron chi connectivity index (χ0n) is 18.9. The van der Waals surface area contributed by atoms with E-state index in [0.717, 1.165) is 15.8 Å². The summed E-state index contributed by atoms with van der Waals surface area (Å²) >= 11 is 18.8. The van der Waals surface area contributed by atoms with Gasteiger partial charge in [0, 0.05) is 33.4 Å². The number of anilines is 1. The topological polar surface area (TPSA) is 87.4 Å². The highest BCUT2D eigenvalue weighted by Crippen LogP contribution is 2.36. The lowest BCUT2D eigenvalue weighted by atomic mass is 10.2. The Morgan fingerprint density at radius 1 is 1.03 bits per heavy atom. The van der Waals surface area contributed by atoms with E-state index in [2.05, 4.69) is 15.6 Å². The highest BCUT2D eigenvalue weighted by atomic mass is 35.5. The maximum absolute atomic E-state index is 12.3. The van der Waals surface area contributed by atoms with Crippen LogP contribution in [0.15, 0.2) is 83.3 Å². The fourth-order valence-electron chi connectivity index (χ4n) is 3.55. The molecule has 5 rings (SSSR count). The van der Waals surface area contributed by atoms with Crippen molar-refractivity contribution in [3.05, 3.63) is 94.7 Å². The van der Waals surface area contributed by atoms with Gasteiger partial charge in [0.2, 0.25) is 5.91 Å². The lowest BCUT2D eigenvalue weighted by Gasteiger charge is -2.09. The molecule has 2 heterocycles. The zero-order valence-corrected chi connectivity index (χ0v) is 22.0. The Labute approximate surface area is 231 Å². The Hall–Kier alpha value is -3.69. The zero-order chi connectivity index (χ0) is 25.9. The van der Waals surface area contributed by atoms with Crippen LogP contribution in [0.5, 0.6) is 5.75 Å². The predicted octanol–water partition coefficient (Wildman–Crippen LogP) is 7.76. The molecule has 37 heavy (non-hydrogen) atoms. The monoisotopic (exact) mass is 565 g/mol. The van der Waals surface area contributed by atoms with Gasteiger partial charge in [-0.25, -0.2) is 4.98 Å². The maximum atomic E-state index is 12.3. The van der Waals surface area contributed by atoms with Crippen LogP contribution in [-0.2, 0) is 4.79 Å². The number of carbonyl (C=O) groups excluding carboxylic acids is 1. The highest BCUT2D eigenvalue weighted by molar-refractivity contribution is 7.80. The number of thiazole rings is 1. The number of nitrogens with one attached hydrogen (secondary N) is 2. The molecule has 10 heteroatoms. The van der Waals surface area contributed by atoms with Crippen molar-refractivity contribution >= 4 is 79.8 Å². The molecule has 3 aromatic carbocycles. The molecule has 0 fully saturated rings. The molecular formula is C27H17Cl2N3O3S2. The number of thiocarbonyl (C=S) groups is 1. The molecule has 0 saturated heterocycles. The first-order chi connectivity index (χ1) is 17.8. The van der Waals surface area contributed by atoms with E-state index in [1.807, 2.05) is 24.3 Å². The molecule has 6 nitrogen and oxygen atoms in total. The van der Waals surface area contributed by atoms with Gasteiger partial charge in [-0.1, -0.05) is 35.3 Å². The van der Waals surface area contributed by atoms with Crippen LogP contribution in [0.4, 0.5) is 5.69 Å². The Morgan fingerprint density at radius 2 is 1.81 bits per heavy atom. The lowest BCUT2D eigenvalue weighted by Crippen LogP contribution is -2.32. The number of para-hydroxylation sites is 1. The quantitative estimate of drug-likeness (QED) is 0.149. The summed E-state index contributed by atoms with van der Waals surface area (Å²) in [6, 6.07) is 21.4. The van der Waals surface area contributed by atoms with Crippen LogP contribution in [0.1, 0.15) is 5.76 Å². The molecule has 0 saturated carbocycles. The molecule has 0 aliphatic heterocycles. The van der Waals surface area contributed by atoms with E-state index in [1.165, 1.54) is 29.6 Å². The smallest absolute Gasteiger partial charge is 0.250 e. The van der Waals surface area contributed by atoms with Crippen LogP contribution in [0.25, 0.3) is 38.2 Å². The summed E-state index contributed by atoms with van der Waals surface area (Å²) in [4.78, 5) is 16.9. The third-order valence-electron chi connectivity index (χ3n) is 5.19. The number of phenolic OH excluding ortho intramolecular Hbond substituents is 1. The number of rotatable bonds is 5. The molecule has 0 radical (unpaired) electrons. The molecule has 0 unspecified atom stereocenters. The van der Waals surface area contributed by atoms with Gasteiger partial charge in [-0.3, -0.25) is 10.1 Å². The van der Waals surface area contributed by atoms with Crippen LogP contribution < -0.4 is 10.6 Å². The number of carbonyl (C=O) groups is 1. The van der Waals surface area contributed by atoms with E-state index in [0.29, 0.717) is 37.8 Å². The first kappa shape index (κ1) is 25.0. The Kier molecular flexibility index (Phi) is 7.25. The third kappa shape index (κ3) is 6.00. The van der Waals surface area contributed by atoms with Crippen LogP contribution >= 0.6 is 46.8 Å². The average Bonchev–Trinajstić information content (AvgIpc) is 3.49. The molecule has 0 aliphatic rings. The molecule has 0 bridgehead atoms. The molecule has 3 N–H and O–H groups in total. The molecule has 5 aromatic rings. The van der Waals surface area contributed by atoms with Crippen molar-refractivity contribution in [3.63, 3.8) is 0 Å². The minimum Gasteiger partial charge on any atom is -0.507 e. The molecule has 0 atom stereocenters. The van der Waals surface area contributed by atoms with Gasteiger partial charge in [-0.2, -0.15) is 0 Å². The minimum atomic E-state index is -0.448. The summed E-state index contributed by atoms with van der Waals surface area (Å²) in [6.45, 7) is 0. The Morgan fingerprint density at radius 3 is 2.57 bits per heavy atom. The number of benzene rings is 3. The molecule has 1 amide bonds. The van der Waals surface area contributed by atoms with Crippen molar-refractivity contribution in [2.75, 3.05) is 5.32 Å². The van der Waals surface area contributed by atoms with Gasteiger partial charge >= 0.3 is 0 Å². The number of phenols is 1. The maximum Gasteiger partial charge on any atom is 0.250 e. The van der Waals surface area contributed by atoms with Gasteiger partial charge in [0.1, 0.15) is 22.3 Å². The number of fused-ring (bicyclic) bond motifs is 1. The summed E-state index contributed by atoms with van der Waals surface area (Å²) < 4.78 is 6.78. The molecule has 2 aromatic heterocycles. The largest absolute Gasteiger partial charge is 0.507 e. The van der Waals surface area contributed by atoms with Gasteiger partial charge < -0.3 is 14.8 Å². The van der Waals surface area contributed by atoms with Gasteiger partial charge in [0.25, 0.3) is 0 Å². The number of halogens is 2.